The Morgan fingerprint density at radius 1 is 0.618 bits per heavy atom. The first-order chi connectivity index (χ1) is 16.3. The molecular weight excluding hydrogens is 424 g/mol. The summed E-state index contributed by atoms with van der Waals surface area (Å²) in [6, 6.07) is 22.7. The molecule has 0 fully saturated rings. The Bertz CT molecular complexity index is 1530. The maximum atomic E-state index is 10.5. The molecule has 0 radical (unpaired) electrons. The highest BCUT2D eigenvalue weighted by molar-refractivity contribution is 5.97. The van der Waals surface area contributed by atoms with Gasteiger partial charge in [0.1, 0.15) is 28.7 Å². The van der Waals surface area contributed by atoms with E-state index in [1.807, 2.05) is 62.4 Å². The third kappa shape index (κ3) is 2.72. The van der Waals surface area contributed by atoms with Crippen LogP contribution in [0.25, 0.3) is 21.5 Å². The van der Waals surface area contributed by atoms with Crippen LogP contribution in [0, 0.1) is 13.8 Å². The summed E-state index contributed by atoms with van der Waals surface area (Å²) in [5.41, 5.74) is 4.01. The van der Waals surface area contributed by atoms with Crippen LogP contribution in [0.3, 0.4) is 0 Å². The Morgan fingerprint density at radius 3 is 1.56 bits per heavy atom. The third-order valence-electron chi connectivity index (χ3n) is 7.22. The number of phenols is 3. The number of benzene rings is 5. The molecule has 168 valence electrons. The van der Waals surface area contributed by atoms with Gasteiger partial charge in [0.15, 0.2) is 0 Å². The molecule has 0 saturated heterocycles. The zero-order chi connectivity index (χ0) is 23.8. The molecule has 0 aliphatic carbocycles. The number of aryl methyl sites for hydroxylation is 2. The Kier molecular flexibility index (Phi) is 4.15. The van der Waals surface area contributed by atoms with Crippen LogP contribution in [0.15, 0.2) is 72.8 Å². The Labute approximate surface area is 197 Å². The van der Waals surface area contributed by atoms with Crippen molar-refractivity contribution in [3.8, 4) is 28.7 Å². The highest BCUT2D eigenvalue weighted by atomic mass is 16.5. The van der Waals surface area contributed by atoms with E-state index in [0.29, 0.717) is 5.75 Å². The van der Waals surface area contributed by atoms with Gasteiger partial charge in [0.25, 0.3) is 0 Å². The number of rotatable bonds is 1. The van der Waals surface area contributed by atoms with Crippen molar-refractivity contribution in [3.63, 3.8) is 0 Å². The van der Waals surface area contributed by atoms with Crippen LogP contribution < -0.4 is 4.74 Å². The first kappa shape index (κ1) is 20.4. The minimum atomic E-state index is -0.640. The lowest BCUT2D eigenvalue weighted by atomic mass is 9.66. The van der Waals surface area contributed by atoms with E-state index in [1.165, 1.54) is 0 Å². The smallest absolute Gasteiger partial charge is 0.132 e. The Balaban J connectivity index is 1.81. The second kappa shape index (κ2) is 6.91. The molecular formula is C30H24O4. The Morgan fingerprint density at radius 2 is 1.09 bits per heavy atom. The summed E-state index contributed by atoms with van der Waals surface area (Å²) in [7, 11) is 0. The molecule has 4 nitrogen and oxygen atoms in total. The van der Waals surface area contributed by atoms with Gasteiger partial charge in [0.2, 0.25) is 0 Å². The predicted octanol–water partition coefficient (Wildman–Crippen LogP) is 7.19. The van der Waals surface area contributed by atoms with Crippen molar-refractivity contribution in [3.05, 3.63) is 101 Å². The van der Waals surface area contributed by atoms with Gasteiger partial charge in [0.05, 0.1) is 5.41 Å². The van der Waals surface area contributed by atoms with Gasteiger partial charge in [-0.3, -0.25) is 0 Å². The molecule has 34 heavy (non-hydrogen) atoms. The van der Waals surface area contributed by atoms with Crippen molar-refractivity contribution in [1.29, 1.82) is 0 Å². The number of phenolic OH excluding ortho intramolecular Hbond substituents is 3. The van der Waals surface area contributed by atoms with Gasteiger partial charge < -0.3 is 20.1 Å². The highest BCUT2D eigenvalue weighted by Crippen LogP contribution is 2.56. The number of aromatic hydroxyl groups is 3. The first-order valence-corrected chi connectivity index (χ1v) is 11.3. The second-order valence-electron chi connectivity index (χ2n) is 9.37. The largest absolute Gasteiger partial charge is 0.508 e. The quantitative estimate of drug-likeness (QED) is 0.254. The van der Waals surface area contributed by atoms with E-state index in [4.69, 9.17) is 4.74 Å². The summed E-state index contributed by atoms with van der Waals surface area (Å²) in [6.07, 6.45) is 0. The standard InChI is InChI=1S/C30H24O4/c1-16-12-20(13-17(2)29(16)33)30(3)27-23-8-6-21(31)14-18(23)4-10-25(27)34-26-11-5-19-15-22(32)7-9-24(19)28(26)30/h4-15,31-33H,1-3H3. The molecule has 4 heteroatoms. The maximum Gasteiger partial charge on any atom is 0.132 e. The summed E-state index contributed by atoms with van der Waals surface area (Å²) in [6.45, 7) is 6.02. The SMILES string of the molecule is Cc1cc(C2(C)c3c(ccc4cc(O)ccc34)Oc3ccc4cc(O)ccc4c32)cc(C)c1O. The van der Waals surface area contributed by atoms with Crippen LogP contribution in [0.4, 0.5) is 0 Å². The highest BCUT2D eigenvalue weighted by Gasteiger charge is 2.42. The fraction of sp³-hybridized carbons (Fsp3) is 0.133. The van der Waals surface area contributed by atoms with Gasteiger partial charge in [-0.2, -0.15) is 0 Å². The summed E-state index contributed by atoms with van der Waals surface area (Å²) in [4.78, 5) is 0. The van der Waals surface area contributed by atoms with E-state index < -0.39 is 5.41 Å². The topological polar surface area (TPSA) is 69.9 Å². The summed E-state index contributed by atoms with van der Waals surface area (Å²) in [5.74, 6) is 2.24. The predicted molar refractivity (Wildman–Crippen MR) is 134 cm³/mol. The maximum absolute atomic E-state index is 10.5. The molecule has 0 bridgehead atoms. The molecule has 3 N–H and O–H groups in total. The van der Waals surface area contributed by atoms with Crippen molar-refractivity contribution < 1.29 is 20.1 Å². The van der Waals surface area contributed by atoms with Gasteiger partial charge in [0, 0.05) is 11.1 Å². The zero-order valence-corrected chi connectivity index (χ0v) is 19.2. The molecule has 1 heterocycles. The van der Waals surface area contributed by atoms with Crippen LogP contribution in [0.5, 0.6) is 28.7 Å². The number of hydrogen-bond donors (Lipinski definition) is 3. The van der Waals surface area contributed by atoms with Crippen molar-refractivity contribution in [2.24, 2.45) is 0 Å². The molecule has 0 amide bonds. The molecule has 5 aromatic carbocycles. The number of hydrogen-bond acceptors (Lipinski definition) is 4. The van der Waals surface area contributed by atoms with E-state index in [2.05, 4.69) is 6.92 Å². The van der Waals surface area contributed by atoms with Gasteiger partial charge >= 0.3 is 0 Å². The van der Waals surface area contributed by atoms with Crippen molar-refractivity contribution in [1.82, 2.24) is 0 Å². The third-order valence-corrected chi connectivity index (χ3v) is 7.22. The van der Waals surface area contributed by atoms with Gasteiger partial charge in [-0.25, -0.2) is 0 Å². The lowest BCUT2D eigenvalue weighted by molar-refractivity contribution is 0.430. The van der Waals surface area contributed by atoms with Crippen LogP contribution in [0.1, 0.15) is 34.7 Å². The van der Waals surface area contributed by atoms with Crippen LogP contribution in [0.2, 0.25) is 0 Å². The molecule has 0 aromatic heterocycles. The molecule has 6 rings (SSSR count). The van der Waals surface area contributed by atoms with Crippen LogP contribution >= 0.6 is 0 Å². The minimum absolute atomic E-state index is 0.212. The average Bonchev–Trinajstić information content (AvgIpc) is 2.81. The molecule has 0 spiro atoms. The summed E-state index contributed by atoms with van der Waals surface area (Å²) >= 11 is 0. The monoisotopic (exact) mass is 448 g/mol. The van der Waals surface area contributed by atoms with E-state index in [0.717, 1.165) is 60.9 Å². The van der Waals surface area contributed by atoms with E-state index in [1.54, 1.807) is 24.3 Å². The fourth-order valence-corrected chi connectivity index (χ4v) is 5.57. The van der Waals surface area contributed by atoms with E-state index in [9.17, 15) is 15.3 Å². The molecule has 0 unspecified atom stereocenters. The van der Waals surface area contributed by atoms with E-state index >= 15 is 0 Å². The second-order valence-corrected chi connectivity index (χ2v) is 9.37. The molecule has 0 atom stereocenters. The van der Waals surface area contributed by atoms with Crippen LogP contribution in [-0.2, 0) is 5.41 Å². The average molecular weight is 449 g/mol. The lowest BCUT2D eigenvalue weighted by Gasteiger charge is -2.40. The Hall–Kier alpha value is -4.18. The normalized spacial score (nSPS) is 14.0. The van der Waals surface area contributed by atoms with Gasteiger partial charge in [-0.05, 0) is 95.4 Å². The molecule has 0 saturated carbocycles. The molecule has 5 aromatic rings. The first-order valence-electron chi connectivity index (χ1n) is 11.3. The van der Waals surface area contributed by atoms with Gasteiger partial charge in [-0.15, -0.1) is 0 Å². The van der Waals surface area contributed by atoms with Crippen molar-refractivity contribution >= 4 is 21.5 Å². The summed E-state index contributed by atoms with van der Waals surface area (Å²) in [5, 5.41) is 34.6. The van der Waals surface area contributed by atoms with Crippen molar-refractivity contribution in [2.45, 2.75) is 26.2 Å². The summed E-state index contributed by atoms with van der Waals surface area (Å²) < 4.78 is 6.48. The fourth-order valence-electron chi connectivity index (χ4n) is 5.57. The van der Waals surface area contributed by atoms with E-state index in [-0.39, 0.29) is 11.5 Å². The lowest BCUT2D eigenvalue weighted by Crippen LogP contribution is -2.30. The van der Waals surface area contributed by atoms with Crippen LogP contribution in [-0.4, -0.2) is 15.3 Å². The molecule has 1 aliphatic rings. The number of ether oxygens (including phenoxy) is 1. The van der Waals surface area contributed by atoms with Gasteiger partial charge in [-0.1, -0.05) is 36.4 Å². The molecule has 1 aliphatic heterocycles. The number of fused-ring (bicyclic) bond motifs is 6. The zero-order valence-electron chi connectivity index (χ0n) is 19.2. The minimum Gasteiger partial charge on any atom is -0.508 e. The van der Waals surface area contributed by atoms with Crippen molar-refractivity contribution in [2.75, 3.05) is 0 Å².